The Hall–Kier alpha value is -0.120. The third kappa shape index (κ3) is 4.52. The minimum Gasteiger partial charge on any atom is -0.300 e. The Morgan fingerprint density at radius 1 is 1.50 bits per heavy atom. The number of alkyl halides is 1. The molecule has 2 rings (SSSR count). The number of thiazole rings is 1. The molecule has 0 aliphatic heterocycles. The van der Waals surface area contributed by atoms with Gasteiger partial charge in [-0.3, -0.25) is 0 Å². The Balaban J connectivity index is 1.72. The molecular formula is C14H23ClN2S. The fourth-order valence-corrected chi connectivity index (χ4v) is 3.36. The summed E-state index contributed by atoms with van der Waals surface area (Å²) in [7, 11) is 0. The van der Waals surface area contributed by atoms with Crippen molar-refractivity contribution in [2.75, 3.05) is 13.1 Å². The molecular weight excluding hydrogens is 264 g/mol. The highest BCUT2D eigenvalue weighted by atomic mass is 35.5. The Morgan fingerprint density at radius 3 is 2.83 bits per heavy atom. The molecule has 0 unspecified atom stereocenters. The van der Waals surface area contributed by atoms with E-state index in [-0.39, 0.29) is 0 Å². The van der Waals surface area contributed by atoms with Crippen molar-refractivity contribution in [1.29, 1.82) is 0 Å². The smallest absolute Gasteiger partial charge is 0.0929 e. The van der Waals surface area contributed by atoms with Gasteiger partial charge in [-0.25, -0.2) is 4.98 Å². The maximum Gasteiger partial charge on any atom is 0.0929 e. The van der Waals surface area contributed by atoms with Crippen LogP contribution in [-0.2, 0) is 12.3 Å². The van der Waals surface area contributed by atoms with E-state index in [4.69, 9.17) is 11.6 Å². The molecule has 1 fully saturated rings. The molecule has 1 aromatic rings. The van der Waals surface area contributed by atoms with Crippen LogP contribution in [0.1, 0.15) is 43.8 Å². The van der Waals surface area contributed by atoms with Gasteiger partial charge in [0.15, 0.2) is 0 Å². The topological polar surface area (TPSA) is 16.1 Å². The first kappa shape index (κ1) is 14.3. The maximum atomic E-state index is 5.77. The van der Waals surface area contributed by atoms with Crippen LogP contribution >= 0.6 is 22.9 Å². The summed E-state index contributed by atoms with van der Waals surface area (Å²) in [5.74, 6) is 1.31. The Kier molecular flexibility index (Phi) is 5.46. The molecule has 0 aromatic carbocycles. The normalized spacial score (nSPS) is 15.8. The van der Waals surface area contributed by atoms with Gasteiger partial charge in [-0.1, -0.05) is 13.8 Å². The maximum absolute atomic E-state index is 5.77. The lowest BCUT2D eigenvalue weighted by molar-refractivity contribution is 0.232. The summed E-state index contributed by atoms with van der Waals surface area (Å²) in [5.41, 5.74) is 1.03. The highest BCUT2D eigenvalue weighted by Gasteiger charge is 2.28. The van der Waals surface area contributed by atoms with E-state index in [2.05, 4.69) is 29.1 Å². The van der Waals surface area contributed by atoms with Crippen molar-refractivity contribution >= 4 is 22.9 Å². The zero-order valence-corrected chi connectivity index (χ0v) is 12.9. The van der Waals surface area contributed by atoms with Gasteiger partial charge < -0.3 is 4.90 Å². The molecule has 1 aromatic heterocycles. The highest BCUT2D eigenvalue weighted by Crippen LogP contribution is 2.27. The van der Waals surface area contributed by atoms with E-state index in [1.165, 1.54) is 37.4 Å². The van der Waals surface area contributed by atoms with Crippen LogP contribution in [0.5, 0.6) is 0 Å². The number of nitrogens with zero attached hydrogens (tertiary/aromatic N) is 2. The Morgan fingerprint density at radius 2 is 2.28 bits per heavy atom. The average Bonchev–Trinajstić information content (AvgIpc) is 3.08. The summed E-state index contributed by atoms with van der Waals surface area (Å²) in [4.78, 5) is 7.18. The first-order valence-electron chi connectivity index (χ1n) is 6.92. The monoisotopic (exact) mass is 286 g/mol. The predicted octanol–water partition coefficient (Wildman–Crippen LogP) is 3.93. The van der Waals surface area contributed by atoms with Crippen LogP contribution in [-0.4, -0.2) is 29.0 Å². The van der Waals surface area contributed by atoms with Gasteiger partial charge in [0.2, 0.25) is 0 Å². The number of hydrogen-bond donors (Lipinski definition) is 0. The largest absolute Gasteiger partial charge is 0.300 e. The van der Waals surface area contributed by atoms with E-state index in [1.807, 2.05) is 0 Å². The van der Waals surface area contributed by atoms with E-state index in [0.717, 1.165) is 24.1 Å². The number of hydrogen-bond acceptors (Lipinski definition) is 3. The molecule has 4 heteroatoms. The summed E-state index contributed by atoms with van der Waals surface area (Å²) in [6.45, 7) is 7.08. The standard InChI is InChI=1S/C14H23ClN2S/c1-11(2)9-17(13-5-6-13)7-3-4-14-16-12(8-15)10-18-14/h10-11,13H,3-9H2,1-2H3. The van der Waals surface area contributed by atoms with Crippen LogP contribution in [0.3, 0.4) is 0 Å². The first-order chi connectivity index (χ1) is 8.69. The summed E-state index contributed by atoms with van der Waals surface area (Å²) in [6, 6.07) is 0.877. The van der Waals surface area contributed by atoms with Crippen LogP contribution in [0, 0.1) is 5.92 Å². The van der Waals surface area contributed by atoms with Crippen molar-refractivity contribution in [1.82, 2.24) is 9.88 Å². The van der Waals surface area contributed by atoms with Gasteiger partial charge in [-0.15, -0.1) is 22.9 Å². The van der Waals surface area contributed by atoms with Gasteiger partial charge in [-0.2, -0.15) is 0 Å². The minimum absolute atomic E-state index is 0.540. The summed E-state index contributed by atoms with van der Waals surface area (Å²) >= 11 is 7.52. The molecule has 0 amide bonds. The van der Waals surface area contributed by atoms with Gasteiger partial charge in [0.05, 0.1) is 16.6 Å². The van der Waals surface area contributed by atoms with Gasteiger partial charge in [0, 0.05) is 24.4 Å². The third-order valence-corrected chi connectivity index (χ3v) is 4.47. The quantitative estimate of drug-likeness (QED) is 0.673. The van der Waals surface area contributed by atoms with Crippen LogP contribution < -0.4 is 0 Å². The van der Waals surface area contributed by atoms with Crippen molar-refractivity contribution < 1.29 is 0 Å². The van der Waals surface area contributed by atoms with Gasteiger partial charge >= 0.3 is 0 Å². The Bertz CT molecular complexity index is 360. The number of rotatable bonds is 8. The highest BCUT2D eigenvalue weighted by molar-refractivity contribution is 7.09. The summed E-state index contributed by atoms with van der Waals surface area (Å²) in [6.07, 6.45) is 5.13. The lowest BCUT2D eigenvalue weighted by Gasteiger charge is -2.23. The summed E-state index contributed by atoms with van der Waals surface area (Å²) < 4.78 is 0. The molecule has 0 saturated heterocycles. The lowest BCUT2D eigenvalue weighted by atomic mass is 10.2. The van der Waals surface area contributed by atoms with Crippen molar-refractivity contribution in [3.05, 3.63) is 16.1 Å². The van der Waals surface area contributed by atoms with Gasteiger partial charge in [0.1, 0.15) is 0 Å². The lowest BCUT2D eigenvalue weighted by Crippen LogP contribution is -2.31. The van der Waals surface area contributed by atoms with Crippen LogP contribution in [0.2, 0.25) is 0 Å². The number of aryl methyl sites for hydroxylation is 1. The molecule has 18 heavy (non-hydrogen) atoms. The van der Waals surface area contributed by atoms with Crippen LogP contribution in [0.15, 0.2) is 5.38 Å². The second-order valence-corrected chi connectivity index (χ2v) is 6.80. The van der Waals surface area contributed by atoms with Crippen molar-refractivity contribution in [2.24, 2.45) is 5.92 Å². The van der Waals surface area contributed by atoms with Gasteiger partial charge in [0.25, 0.3) is 0 Å². The number of halogens is 1. The van der Waals surface area contributed by atoms with Crippen molar-refractivity contribution in [3.8, 4) is 0 Å². The first-order valence-corrected chi connectivity index (χ1v) is 8.33. The second kappa shape index (κ2) is 6.88. The zero-order chi connectivity index (χ0) is 13.0. The molecule has 102 valence electrons. The minimum atomic E-state index is 0.540. The molecule has 0 N–H and O–H groups in total. The molecule has 1 saturated carbocycles. The predicted molar refractivity (Wildman–Crippen MR) is 79.4 cm³/mol. The van der Waals surface area contributed by atoms with Gasteiger partial charge in [-0.05, 0) is 31.7 Å². The van der Waals surface area contributed by atoms with E-state index >= 15 is 0 Å². The van der Waals surface area contributed by atoms with E-state index in [0.29, 0.717) is 5.88 Å². The second-order valence-electron chi connectivity index (χ2n) is 5.59. The van der Waals surface area contributed by atoms with Crippen LogP contribution in [0.25, 0.3) is 0 Å². The van der Waals surface area contributed by atoms with E-state index < -0.39 is 0 Å². The molecule has 0 spiro atoms. The fourth-order valence-electron chi connectivity index (χ4n) is 2.29. The van der Waals surface area contributed by atoms with E-state index in [9.17, 15) is 0 Å². The molecule has 2 nitrogen and oxygen atoms in total. The zero-order valence-electron chi connectivity index (χ0n) is 11.4. The molecule has 0 radical (unpaired) electrons. The summed E-state index contributed by atoms with van der Waals surface area (Å²) in [5, 5.41) is 3.32. The van der Waals surface area contributed by atoms with Crippen molar-refractivity contribution in [3.63, 3.8) is 0 Å². The molecule has 0 bridgehead atoms. The molecule has 1 aliphatic rings. The number of aromatic nitrogens is 1. The van der Waals surface area contributed by atoms with Crippen molar-refractivity contribution in [2.45, 2.75) is 51.5 Å². The molecule has 1 aliphatic carbocycles. The Labute approximate surface area is 119 Å². The molecule has 0 atom stereocenters. The third-order valence-electron chi connectivity index (χ3n) is 3.24. The SMILES string of the molecule is CC(C)CN(CCCc1nc(CCl)cs1)C1CC1. The molecule has 1 heterocycles. The van der Waals surface area contributed by atoms with E-state index in [1.54, 1.807) is 11.3 Å². The fraction of sp³-hybridized carbons (Fsp3) is 0.786. The van der Waals surface area contributed by atoms with Crippen LogP contribution in [0.4, 0.5) is 0 Å². The average molecular weight is 287 g/mol.